The molecule has 1 aliphatic rings. The molecule has 3 nitrogen and oxygen atoms in total. The first kappa shape index (κ1) is 10.4. The molecule has 1 atom stereocenters. The number of nitrogens with one attached hydrogen (secondary N) is 1. The Labute approximate surface area is 80.5 Å². The highest BCUT2D eigenvalue weighted by Gasteiger charge is 2.39. The summed E-state index contributed by atoms with van der Waals surface area (Å²) in [6, 6.07) is 0.682. The number of rotatable bonds is 1. The Bertz CT molecular complexity index is 205. The second-order valence-electron chi connectivity index (χ2n) is 5.07. The summed E-state index contributed by atoms with van der Waals surface area (Å²) in [5, 5.41) is 2.89. The average Bonchev–Trinajstić information content (AvgIpc) is 2.28. The molecule has 1 saturated heterocycles. The smallest absolute Gasteiger partial charge is 0.318 e. The summed E-state index contributed by atoms with van der Waals surface area (Å²) in [4.78, 5) is 13.4. The van der Waals surface area contributed by atoms with Crippen LogP contribution in [0.15, 0.2) is 0 Å². The van der Waals surface area contributed by atoms with E-state index in [-0.39, 0.29) is 17.5 Å². The Morgan fingerprint density at radius 2 is 2.00 bits per heavy atom. The molecule has 0 aromatic carbocycles. The Balaban J connectivity index is 2.82. The van der Waals surface area contributed by atoms with Gasteiger partial charge in [-0.3, -0.25) is 0 Å². The summed E-state index contributed by atoms with van der Waals surface area (Å²) in [6.45, 7) is 11.4. The van der Waals surface area contributed by atoms with Crippen molar-refractivity contribution in [3.8, 4) is 0 Å². The van der Waals surface area contributed by atoms with E-state index >= 15 is 0 Å². The number of nitrogens with zero attached hydrogens (tertiary/aromatic N) is 1. The van der Waals surface area contributed by atoms with Crippen LogP contribution in [0.1, 0.15) is 34.6 Å². The first-order valence-corrected chi connectivity index (χ1v) is 4.90. The zero-order valence-electron chi connectivity index (χ0n) is 9.22. The SMILES string of the molecule is CC(C)N1C(=O)NCC1C(C)(C)C. The number of amides is 2. The van der Waals surface area contributed by atoms with Gasteiger partial charge in [-0.15, -0.1) is 0 Å². The molecule has 0 aromatic heterocycles. The topological polar surface area (TPSA) is 32.3 Å². The number of hydrogen-bond donors (Lipinski definition) is 1. The molecule has 1 rings (SSSR count). The minimum Gasteiger partial charge on any atom is -0.336 e. The lowest BCUT2D eigenvalue weighted by atomic mass is 9.86. The highest BCUT2D eigenvalue weighted by atomic mass is 16.2. The van der Waals surface area contributed by atoms with E-state index in [9.17, 15) is 4.79 Å². The fourth-order valence-electron chi connectivity index (χ4n) is 1.83. The fourth-order valence-corrected chi connectivity index (χ4v) is 1.83. The van der Waals surface area contributed by atoms with Crippen molar-refractivity contribution >= 4 is 6.03 Å². The standard InChI is InChI=1S/C10H20N2O/c1-7(2)12-8(10(3,4)5)6-11-9(12)13/h7-8H,6H2,1-5H3,(H,11,13). The van der Waals surface area contributed by atoms with Crippen LogP contribution < -0.4 is 5.32 Å². The van der Waals surface area contributed by atoms with Crippen molar-refractivity contribution in [1.82, 2.24) is 10.2 Å². The van der Waals surface area contributed by atoms with E-state index < -0.39 is 0 Å². The van der Waals surface area contributed by atoms with Gasteiger partial charge in [0.1, 0.15) is 0 Å². The van der Waals surface area contributed by atoms with E-state index in [0.29, 0.717) is 6.04 Å². The van der Waals surface area contributed by atoms with E-state index in [4.69, 9.17) is 0 Å². The summed E-state index contributed by atoms with van der Waals surface area (Å²) < 4.78 is 0. The molecular weight excluding hydrogens is 164 g/mol. The average molecular weight is 184 g/mol. The van der Waals surface area contributed by atoms with Crippen molar-refractivity contribution < 1.29 is 4.79 Å². The van der Waals surface area contributed by atoms with Crippen LogP contribution in [0, 0.1) is 5.41 Å². The number of carbonyl (C=O) groups is 1. The largest absolute Gasteiger partial charge is 0.336 e. The molecule has 1 heterocycles. The van der Waals surface area contributed by atoms with Gasteiger partial charge < -0.3 is 10.2 Å². The van der Waals surface area contributed by atoms with E-state index in [1.807, 2.05) is 4.90 Å². The molecule has 1 fully saturated rings. The first-order chi connectivity index (χ1) is 5.84. The van der Waals surface area contributed by atoms with Crippen molar-refractivity contribution in [1.29, 1.82) is 0 Å². The maximum Gasteiger partial charge on any atom is 0.318 e. The lowest BCUT2D eigenvalue weighted by Crippen LogP contribution is -2.46. The summed E-state index contributed by atoms with van der Waals surface area (Å²) in [5.74, 6) is 0. The molecule has 0 radical (unpaired) electrons. The van der Waals surface area contributed by atoms with E-state index in [0.717, 1.165) is 6.54 Å². The van der Waals surface area contributed by atoms with Gasteiger partial charge in [-0.2, -0.15) is 0 Å². The highest BCUT2D eigenvalue weighted by molar-refractivity contribution is 5.77. The lowest BCUT2D eigenvalue weighted by molar-refractivity contribution is 0.132. The van der Waals surface area contributed by atoms with Gasteiger partial charge in [0.25, 0.3) is 0 Å². The Morgan fingerprint density at radius 1 is 1.46 bits per heavy atom. The molecule has 1 aliphatic heterocycles. The minimum atomic E-state index is 0.0786. The van der Waals surface area contributed by atoms with E-state index in [2.05, 4.69) is 39.9 Å². The molecule has 0 aliphatic carbocycles. The van der Waals surface area contributed by atoms with E-state index in [1.165, 1.54) is 0 Å². The fraction of sp³-hybridized carbons (Fsp3) is 0.900. The summed E-state index contributed by atoms with van der Waals surface area (Å²) in [7, 11) is 0. The van der Waals surface area contributed by atoms with Gasteiger partial charge in [-0.05, 0) is 19.3 Å². The zero-order chi connectivity index (χ0) is 10.2. The maximum atomic E-state index is 11.5. The molecule has 2 amide bonds. The van der Waals surface area contributed by atoms with Gasteiger partial charge in [0.2, 0.25) is 0 Å². The Hall–Kier alpha value is -0.730. The number of urea groups is 1. The third-order valence-corrected chi connectivity index (χ3v) is 2.57. The van der Waals surface area contributed by atoms with Crippen molar-refractivity contribution in [2.24, 2.45) is 5.41 Å². The van der Waals surface area contributed by atoms with E-state index in [1.54, 1.807) is 0 Å². The second kappa shape index (κ2) is 3.20. The normalized spacial score (nSPS) is 24.0. The van der Waals surface area contributed by atoms with Crippen LogP contribution in [-0.2, 0) is 0 Å². The molecule has 0 bridgehead atoms. The van der Waals surface area contributed by atoms with Gasteiger partial charge in [0.15, 0.2) is 0 Å². The molecule has 0 spiro atoms. The van der Waals surface area contributed by atoms with Gasteiger partial charge in [0.05, 0.1) is 6.04 Å². The molecule has 1 N–H and O–H groups in total. The number of carbonyl (C=O) groups excluding carboxylic acids is 1. The predicted octanol–water partition coefficient (Wildman–Crippen LogP) is 1.83. The van der Waals surface area contributed by atoms with Crippen LogP contribution in [0.25, 0.3) is 0 Å². The van der Waals surface area contributed by atoms with Crippen LogP contribution >= 0.6 is 0 Å². The quantitative estimate of drug-likeness (QED) is 0.662. The molecule has 76 valence electrons. The molecule has 1 unspecified atom stereocenters. The van der Waals surface area contributed by atoms with Crippen molar-refractivity contribution in [3.05, 3.63) is 0 Å². The zero-order valence-corrected chi connectivity index (χ0v) is 9.22. The number of hydrogen-bond acceptors (Lipinski definition) is 1. The monoisotopic (exact) mass is 184 g/mol. The van der Waals surface area contributed by atoms with Gasteiger partial charge in [0, 0.05) is 12.6 Å². The third kappa shape index (κ3) is 1.95. The summed E-state index contributed by atoms with van der Waals surface area (Å²) in [5.41, 5.74) is 0.156. The molecular formula is C10H20N2O. The van der Waals surface area contributed by atoms with Gasteiger partial charge in [-0.1, -0.05) is 20.8 Å². The van der Waals surface area contributed by atoms with Crippen LogP contribution in [-0.4, -0.2) is 29.6 Å². The molecule has 13 heavy (non-hydrogen) atoms. The van der Waals surface area contributed by atoms with Crippen LogP contribution in [0.3, 0.4) is 0 Å². The summed E-state index contributed by atoms with van der Waals surface area (Å²) >= 11 is 0. The third-order valence-electron chi connectivity index (χ3n) is 2.57. The predicted molar refractivity (Wildman–Crippen MR) is 53.6 cm³/mol. The lowest BCUT2D eigenvalue weighted by Gasteiger charge is -2.36. The van der Waals surface area contributed by atoms with Crippen LogP contribution in [0.2, 0.25) is 0 Å². The minimum absolute atomic E-state index is 0.0786. The molecule has 0 aromatic rings. The van der Waals surface area contributed by atoms with Crippen molar-refractivity contribution in [2.45, 2.75) is 46.7 Å². The van der Waals surface area contributed by atoms with Crippen LogP contribution in [0.4, 0.5) is 4.79 Å². The Morgan fingerprint density at radius 3 is 2.31 bits per heavy atom. The highest BCUT2D eigenvalue weighted by Crippen LogP contribution is 2.28. The Kier molecular flexibility index (Phi) is 2.55. The van der Waals surface area contributed by atoms with Crippen LogP contribution in [0.5, 0.6) is 0 Å². The molecule has 0 saturated carbocycles. The first-order valence-electron chi connectivity index (χ1n) is 4.90. The summed E-state index contributed by atoms with van der Waals surface area (Å²) in [6.07, 6.45) is 0. The second-order valence-corrected chi connectivity index (χ2v) is 5.07. The van der Waals surface area contributed by atoms with Gasteiger partial charge in [-0.25, -0.2) is 4.79 Å². The molecule has 3 heteroatoms. The van der Waals surface area contributed by atoms with Crippen molar-refractivity contribution in [3.63, 3.8) is 0 Å². The maximum absolute atomic E-state index is 11.5. The van der Waals surface area contributed by atoms with Gasteiger partial charge >= 0.3 is 6.03 Å². The van der Waals surface area contributed by atoms with Crippen molar-refractivity contribution in [2.75, 3.05) is 6.54 Å².